The minimum atomic E-state index is -5.39. The summed E-state index contributed by atoms with van der Waals surface area (Å²) in [6.45, 7) is 0. The van der Waals surface area contributed by atoms with E-state index in [1.807, 2.05) is 0 Å². The molecule has 0 atom stereocenters. The van der Waals surface area contributed by atoms with E-state index in [0.29, 0.717) is 0 Å². The molecule has 0 bridgehead atoms. The van der Waals surface area contributed by atoms with Crippen molar-refractivity contribution in [3.05, 3.63) is 0 Å². The monoisotopic (exact) mass is 185 g/mol. The maximum absolute atomic E-state index is 8.55. The molecule has 55 valence electrons. The summed E-state index contributed by atoms with van der Waals surface area (Å²) in [5.74, 6) is 0. The summed E-state index contributed by atoms with van der Waals surface area (Å²) in [5.41, 5.74) is 0. The Bertz CT molecular complexity index is 54.7. The van der Waals surface area contributed by atoms with Gasteiger partial charge in [-0.1, -0.05) is 0 Å². The van der Waals surface area contributed by atoms with Crippen molar-refractivity contribution >= 4 is 7.82 Å². The van der Waals surface area contributed by atoms with E-state index in [0.717, 1.165) is 0 Å². The summed E-state index contributed by atoms with van der Waals surface area (Å²) in [6.07, 6.45) is 0. The van der Waals surface area contributed by atoms with E-state index >= 15 is 0 Å². The van der Waals surface area contributed by atoms with Crippen LogP contribution in [0, 0.1) is 0 Å². The number of rotatable bonds is 0. The molecule has 0 aromatic heterocycles. The van der Waals surface area contributed by atoms with E-state index in [9.17, 15) is 0 Å². The van der Waals surface area contributed by atoms with Crippen molar-refractivity contribution in [3.8, 4) is 0 Å². The normalized spacial score (nSPS) is 7.38. The molecule has 0 aliphatic heterocycles. The van der Waals surface area contributed by atoms with E-state index in [1.165, 1.54) is 0 Å². The zero-order chi connectivity index (χ0) is 4.50. The van der Waals surface area contributed by atoms with Crippen LogP contribution in [0.2, 0.25) is 0 Å². The number of phosphoric acid groups is 1. The van der Waals surface area contributed by atoms with Gasteiger partial charge in [-0.25, -0.2) is 0 Å². The van der Waals surface area contributed by atoms with Crippen molar-refractivity contribution in [1.29, 1.82) is 0 Å². The van der Waals surface area contributed by atoms with E-state index < -0.39 is 7.82 Å². The van der Waals surface area contributed by atoms with Crippen molar-refractivity contribution in [3.63, 3.8) is 0 Å². The van der Waals surface area contributed by atoms with Gasteiger partial charge >= 0.3 is 0 Å². The molecule has 3 N–H and O–H groups in total. The summed E-state index contributed by atoms with van der Waals surface area (Å²) in [7, 11) is -5.39. The van der Waals surface area contributed by atoms with Gasteiger partial charge in [0, 0.05) is 17.1 Å². The first kappa shape index (κ1) is 23.5. The molecule has 0 rings (SSSR count). The third kappa shape index (κ3) is 668. The molecule has 0 aliphatic rings. The van der Waals surface area contributed by atoms with Crippen LogP contribution in [-0.2, 0) is 21.6 Å². The molecule has 0 aliphatic carbocycles. The minimum absolute atomic E-state index is 0. The first-order chi connectivity index (χ1) is 2.00. The Hall–Kier alpha value is 0.549. The molecule has 0 aromatic rings. The predicted octanol–water partition coefficient (Wildman–Crippen LogP) is -3.83. The van der Waals surface area contributed by atoms with Crippen molar-refractivity contribution in [1.82, 2.24) is 0 Å². The topological polar surface area (TPSA) is 148 Å². The molecule has 0 aromatic carbocycles. The third-order valence-electron chi connectivity index (χ3n) is 0. The van der Waals surface area contributed by atoms with Crippen LogP contribution in [0.1, 0.15) is 0 Å². The van der Waals surface area contributed by atoms with Crippen LogP contribution >= 0.6 is 7.82 Å². The smallest absolute Gasteiger partial charge is 0 e. The van der Waals surface area contributed by atoms with Gasteiger partial charge in [0.15, 0.2) is 0 Å². The summed E-state index contributed by atoms with van der Waals surface area (Å²) in [5, 5.41) is 0. The van der Waals surface area contributed by atoms with Gasteiger partial charge in [0.25, 0.3) is 0 Å². The molecule has 0 spiro atoms. The van der Waals surface area contributed by atoms with Crippen LogP contribution in [0.3, 0.4) is 0 Å². The second kappa shape index (κ2) is 7.55. The van der Waals surface area contributed by atoms with Gasteiger partial charge in [0.2, 0.25) is 0 Å². The average Bonchev–Trinajstić information content (AvgIpc) is 0.722. The Kier molecular flexibility index (Phi) is 22.2. The van der Waals surface area contributed by atoms with Crippen LogP contribution < -0.4 is 14.7 Å². The molecular weight excluding hydrogens is 182 g/mol. The second-order valence-corrected chi connectivity index (χ2v) is 1.34. The van der Waals surface area contributed by atoms with Crippen LogP contribution in [0.4, 0.5) is 0 Å². The largest absolute Gasteiger partial charge is 0.870 e. The quantitative estimate of drug-likeness (QED) is 0.280. The fourth-order valence-electron chi connectivity index (χ4n) is 0. The first-order valence-electron chi connectivity index (χ1n) is 0.730. The molecule has 0 heterocycles. The number of hydrogen-bond acceptors (Lipinski definition) is 5. The standard InChI is InChI=1S/Mn.H3O4P.2H2O/c;1-5(2,3)4;;/h;(H3,1,2,3,4);2*1H2/p-4. The van der Waals surface area contributed by atoms with Crippen LogP contribution in [0.5, 0.6) is 0 Å². The van der Waals surface area contributed by atoms with Gasteiger partial charge in [-0.05, 0) is 0 Å². The van der Waals surface area contributed by atoms with Gasteiger partial charge in [-0.3, -0.25) is 0 Å². The Balaban J connectivity index is -0.0000000267. The maximum Gasteiger partial charge on any atom is 0 e. The molecule has 6 nitrogen and oxygen atoms in total. The SMILES string of the molecule is O.O=P([O-])([O-])[O-].[Mn].[OH-]. The molecule has 0 saturated heterocycles. The van der Waals surface area contributed by atoms with Gasteiger partial charge in [0.05, 0.1) is 0 Å². The molecule has 8 heteroatoms. The molecule has 1 radical (unpaired) electrons. The summed E-state index contributed by atoms with van der Waals surface area (Å²) in [6, 6.07) is 0. The Labute approximate surface area is 55.9 Å². The average molecular weight is 185 g/mol. The maximum atomic E-state index is 8.55. The van der Waals surface area contributed by atoms with Crippen molar-refractivity contribution < 1.29 is 47.3 Å². The van der Waals surface area contributed by atoms with E-state index in [-0.39, 0.29) is 28.0 Å². The van der Waals surface area contributed by atoms with Crippen LogP contribution in [0.25, 0.3) is 0 Å². The fraction of sp³-hybridized carbons (Fsp3) is 0. The van der Waals surface area contributed by atoms with E-state index in [1.54, 1.807) is 0 Å². The second-order valence-electron chi connectivity index (χ2n) is 0.447. The summed E-state index contributed by atoms with van der Waals surface area (Å²) < 4.78 is 8.55. The zero-order valence-corrected chi connectivity index (χ0v) is 5.48. The molecule has 0 fully saturated rings. The first-order valence-corrected chi connectivity index (χ1v) is 2.19. The van der Waals surface area contributed by atoms with E-state index in [4.69, 9.17) is 19.2 Å². The minimum Gasteiger partial charge on any atom is -0.870 e. The Morgan fingerprint density at radius 3 is 1.12 bits per heavy atom. The van der Waals surface area contributed by atoms with Crippen molar-refractivity contribution in [2.24, 2.45) is 0 Å². The van der Waals surface area contributed by atoms with Gasteiger partial charge in [0.1, 0.15) is 0 Å². The van der Waals surface area contributed by atoms with Gasteiger partial charge in [-0.2, -0.15) is 7.82 Å². The molecule has 8 heavy (non-hydrogen) atoms. The fourth-order valence-corrected chi connectivity index (χ4v) is 0. The summed E-state index contributed by atoms with van der Waals surface area (Å²) >= 11 is 0. The van der Waals surface area contributed by atoms with Crippen LogP contribution in [-0.4, -0.2) is 11.0 Å². The predicted molar refractivity (Wildman–Crippen MR) is 13.2 cm³/mol. The Morgan fingerprint density at radius 2 is 1.12 bits per heavy atom. The van der Waals surface area contributed by atoms with E-state index in [2.05, 4.69) is 0 Å². The number of hydrogen-bond donors (Lipinski definition) is 0. The van der Waals surface area contributed by atoms with Crippen molar-refractivity contribution in [2.75, 3.05) is 0 Å². The van der Waals surface area contributed by atoms with Crippen molar-refractivity contribution in [2.45, 2.75) is 0 Å². The van der Waals surface area contributed by atoms with Gasteiger partial charge < -0.3 is 30.2 Å². The molecule has 0 unspecified atom stereocenters. The zero-order valence-electron chi connectivity index (χ0n) is 3.41. The van der Waals surface area contributed by atoms with Gasteiger partial charge in [-0.15, -0.1) is 0 Å². The molecular formula is H3MnO6P-4. The third-order valence-corrected chi connectivity index (χ3v) is 0. The van der Waals surface area contributed by atoms with Crippen LogP contribution in [0.15, 0.2) is 0 Å². The molecule has 0 amide bonds. The Morgan fingerprint density at radius 1 is 1.12 bits per heavy atom. The molecule has 0 saturated carbocycles. The summed E-state index contributed by atoms with van der Waals surface area (Å²) in [4.78, 5) is 25.6.